The molecule has 3 heterocycles. The first-order valence-electron chi connectivity index (χ1n) is 11.6. The third-order valence-corrected chi connectivity index (χ3v) is 7.80. The number of benzene rings is 2. The Morgan fingerprint density at radius 1 is 1.16 bits per heavy atom. The van der Waals surface area contributed by atoms with Crippen LogP contribution in [0.25, 0.3) is 16.5 Å². The molecule has 2 heteroatoms. The molecule has 3 unspecified atom stereocenters. The van der Waals surface area contributed by atoms with E-state index in [1.165, 1.54) is 55.7 Å². The van der Waals surface area contributed by atoms with Crippen LogP contribution in [0.3, 0.4) is 0 Å². The van der Waals surface area contributed by atoms with Crippen molar-refractivity contribution in [2.24, 2.45) is 10.8 Å². The maximum Gasteiger partial charge on any atom is 0.0665 e. The first-order valence-corrected chi connectivity index (χ1v) is 11.6. The molecule has 1 aliphatic carbocycles. The topological polar surface area (TPSA) is 24.1 Å². The fourth-order valence-electron chi connectivity index (χ4n) is 6.42. The van der Waals surface area contributed by atoms with Crippen LogP contribution < -0.4 is 10.6 Å². The molecule has 31 heavy (non-hydrogen) atoms. The minimum atomic E-state index is -0.0551. The van der Waals surface area contributed by atoms with Gasteiger partial charge in [0.05, 0.1) is 11.4 Å². The minimum Gasteiger partial charge on any atom is -0.378 e. The molecular formula is C29H32N2. The summed E-state index contributed by atoms with van der Waals surface area (Å²) in [6, 6.07) is 9.46. The van der Waals surface area contributed by atoms with E-state index in [1.54, 1.807) is 0 Å². The van der Waals surface area contributed by atoms with Gasteiger partial charge >= 0.3 is 0 Å². The Bertz CT molecular complexity index is 1280. The summed E-state index contributed by atoms with van der Waals surface area (Å²) in [6.45, 7) is 14.1. The quantitative estimate of drug-likeness (QED) is 0.521. The predicted molar refractivity (Wildman–Crippen MR) is 132 cm³/mol. The van der Waals surface area contributed by atoms with Crippen LogP contribution in [0, 0.1) is 17.8 Å². The molecule has 6 rings (SSSR count). The molecular weight excluding hydrogens is 376 g/mol. The molecule has 0 spiro atoms. The number of hydrogen-bond acceptors (Lipinski definition) is 2. The maximum absolute atomic E-state index is 4.04. The van der Waals surface area contributed by atoms with E-state index < -0.39 is 0 Å². The van der Waals surface area contributed by atoms with Crippen molar-refractivity contribution in [2.45, 2.75) is 59.9 Å². The van der Waals surface area contributed by atoms with E-state index in [1.807, 2.05) is 0 Å². The van der Waals surface area contributed by atoms with Crippen LogP contribution in [-0.2, 0) is 0 Å². The van der Waals surface area contributed by atoms with Crippen LogP contribution in [0.1, 0.15) is 63.6 Å². The molecule has 0 radical (unpaired) electrons. The maximum atomic E-state index is 4.04. The van der Waals surface area contributed by atoms with Crippen molar-refractivity contribution in [3.8, 4) is 0 Å². The lowest BCUT2D eigenvalue weighted by Gasteiger charge is -2.47. The standard InChI is InChI=1S/C29H32N2/c1-16-13-20-17(2)27-29(6)12-8-9-18(15-28(3,4)5)21(29)14-23-26(31-27)25(20)24-19(16)10-7-11-22(24)30-23/h7-14,17,27,30-31H,15H2,1-6H3. The monoisotopic (exact) mass is 408 g/mol. The van der Waals surface area contributed by atoms with E-state index in [2.05, 4.69) is 101 Å². The van der Waals surface area contributed by atoms with Gasteiger partial charge in [0.2, 0.25) is 0 Å². The summed E-state index contributed by atoms with van der Waals surface area (Å²) in [7, 11) is 0. The molecule has 2 bridgehead atoms. The van der Waals surface area contributed by atoms with Gasteiger partial charge < -0.3 is 10.6 Å². The van der Waals surface area contributed by atoms with Gasteiger partial charge in [-0.05, 0) is 65.5 Å². The number of anilines is 1. The smallest absolute Gasteiger partial charge is 0.0665 e. The number of hydrogen-bond donors (Lipinski definition) is 2. The Hall–Kier alpha value is -2.74. The number of fused-ring (bicyclic) bond motifs is 3. The zero-order valence-corrected chi connectivity index (χ0v) is 19.5. The molecule has 0 saturated heterocycles. The van der Waals surface area contributed by atoms with Crippen LogP contribution in [-0.4, -0.2) is 6.04 Å². The normalized spacial score (nSPS) is 27.9. The van der Waals surface area contributed by atoms with Crippen molar-refractivity contribution in [1.29, 1.82) is 0 Å². The van der Waals surface area contributed by atoms with Crippen LogP contribution >= 0.6 is 0 Å². The van der Waals surface area contributed by atoms with Gasteiger partial charge in [0.1, 0.15) is 0 Å². The van der Waals surface area contributed by atoms with Gasteiger partial charge in [-0.2, -0.15) is 0 Å². The molecule has 0 aromatic heterocycles. The first kappa shape index (κ1) is 19.0. The van der Waals surface area contributed by atoms with Crippen LogP contribution in [0.5, 0.6) is 0 Å². The molecule has 3 aliphatic heterocycles. The SMILES string of the molecule is Cc1cc2c3c4c(cccc14)NC1=C3NC(C2C)C2(C)C=CC=C(CC(C)(C)C)C2=C1. The van der Waals surface area contributed by atoms with Crippen molar-refractivity contribution in [1.82, 2.24) is 5.32 Å². The highest BCUT2D eigenvalue weighted by molar-refractivity contribution is 6.09. The van der Waals surface area contributed by atoms with E-state index >= 15 is 0 Å². The Morgan fingerprint density at radius 3 is 2.74 bits per heavy atom. The molecule has 2 nitrogen and oxygen atoms in total. The predicted octanol–water partition coefficient (Wildman–Crippen LogP) is 7.20. The zero-order valence-electron chi connectivity index (χ0n) is 19.5. The van der Waals surface area contributed by atoms with Gasteiger partial charge in [0, 0.05) is 34.0 Å². The molecule has 0 fully saturated rings. The fraction of sp³-hybridized carbons (Fsp3) is 0.379. The molecule has 2 aromatic carbocycles. The molecule has 3 atom stereocenters. The molecule has 0 saturated carbocycles. The second kappa shape index (κ2) is 5.94. The minimum absolute atomic E-state index is 0.0551. The van der Waals surface area contributed by atoms with E-state index in [0.717, 1.165) is 6.42 Å². The highest BCUT2D eigenvalue weighted by Gasteiger charge is 2.48. The molecule has 2 aromatic rings. The van der Waals surface area contributed by atoms with Gasteiger partial charge in [-0.25, -0.2) is 0 Å². The number of rotatable bonds is 1. The van der Waals surface area contributed by atoms with Crippen molar-refractivity contribution >= 4 is 22.2 Å². The van der Waals surface area contributed by atoms with E-state index in [4.69, 9.17) is 0 Å². The van der Waals surface area contributed by atoms with Crippen LogP contribution in [0.4, 0.5) is 5.69 Å². The summed E-state index contributed by atoms with van der Waals surface area (Å²) in [6.07, 6.45) is 10.6. The molecule has 158 valence electrons. The Morgan fingerprint density at radius 2 is 1.97 bits per heavy atom. The highest BCUT2D eigenvalue weighted by Crippen LogP contribution is 2.55. The van der Waals surface area contributed by atoms with Crippen molar-refractivity contribution < 1.29 is 0 Å². The highest BCUT2D eigenvalue weighted by atomic mass is 15.0. The summed E-state index contributed by atoms with van der Waals surface area (Å²) >= 11 is 0. The van der Waals surface area contributed by atoms with Gasteiger partial charge in [-0.15, -0.1) is 0 Å². The largest absolute Gasteiger partial charge is 0.378 e. The average Bonchev–Trinajstić information content (AvgIpc) is 2.81. The Balaban J connectivity index is 1.66. The molecule has 4 aliphatic rings. The number of aryl methyl sites for hydroxylation is 1. The average molecular weight is 409 g/mol. The second-order valence-corrected chi connectivity index (χ2v) is 11.3. The summed E-state index contributed by atoms with van der Waals surface area (Å²) in [5.74, 6) is 0.416. The molecule has 2 N–H and O–H groups in total. The van der Waals surface area contributed by atoms with Crippen LogP contribution in [0.2, 0.25) is 0 Å². The fourth-order valence-corrected chi connectivity index (χ4v) is 6.42. The van der Waals surface area contributed by atoms with Gasteiger partial charge in [0.25, 0.3) is 0 Å². The second-order valence-electron chi connectivity index (χ2n) is 11.3. The summed E-state index contributed by atoms with van der Waals surface area (Å²) in [5, 5.41) is 10.6. The van der Waals surface area contributed by atoms with E-state index in [9.17, 15) is 0 Å². The Labute approximate surface area is 185 Å². The first-order chi connectivity index (χ1) is 14.7. The number of nitrogens with one attached hydrogen (secondary N) is 2. The summed E-state index contributed by atoms with van der Waals surface area (Å²) < 4.78 is 0. The zero-order chi connectivity index (χ0) is 21.7. The van der Waals surface area contributed by atoms with Crippen molar-refractivity contribution in [2.75, 3.05) is 5.32 Å². The lowest BCUT2D eigenvalue weighted by molar-refractivity contribution is 0.312. The van der Waals surface area contributed by atoms with Gasteiger partial charge in [-0.3, -0.25) is 0 Å². The van der Waals surface area contributed by atoms with Gasteiger partial charge in [0.15, 0.2) is 0 Å². The third kappa shape index (κ3) is 2.51. The Kier molecular flexibility index (Phi) is 3.64. The third-order valence-electron chi connectivity index (χ3n) is 7.80. The number of allylic oxidation sites excluding steroid dienone is 4. The van der Waals surface area contributed by atoms with Crippen LogP contribution in [0.15, 0.2) is 65.4 Å². The van der Waals surface area contributed by atoms with E-state index in [-0.39, 0.29) is 10.8 Å². The summed E-state index contributed by atoms with van der Waals surface area (Å²) in [5.41, 5.74) is 11.1. The van der Waals surface area contributed by atoms with E-state index in [0.29, 0.717) is 12.0 Å². The van der Waals surface area contributed by atoms with Gasteiger partial charge in [-0.1, -0.05) is 64.1 Å². The molecule has 0 amide bonds. The van der Waals surface area contributed by atoms with Crippen molar-refractivity contribution in [3.05, 3.63) is 82.1 Å². The lowest BCUT2D eigenvalue weighted by atomic mass is 9.63. The lowest BCUT2D eigenvalue weighted by Crippen LogP contribution is -2.49. The summed E-state index contributed by atoms with van der Waals surface area (Å²) in [4.78, 5) is 0. The van der Waals surface area contributed by atoms with Crippen molar-refractivity contribution in [3.63, 3.8) is 0 Å².